The van der Waals surface area contributed by atoms with E-state index < -0.39 is 0 Å². The van der Waals surface area contributed by atoms with Crippen molar-refractivity contribution in [2.75, 3.05) is 32.1 Å². The number of aliphatic imine (C=N–C) groups is 1. The zero-order valence-corrected chi connectivity index (χ0v) is 17.1. The summed E-state index contributed by atoms with van der Waals surface area (Å²) in [6.45, 7) is 3.96. The summed E-state index contributed by atoms with van der Waals surface area (Å²) in [5, 5.41) is 11.5. The summed E-state index contributed by atoms with van der Waals surface area (Å²) in [5.41, 5.74) is 2.50. The quantitative estimate of drug-likeness (QED) is 0.438. The van der Waals surface area contributed by atoms with Crippen LogP contribution < -0.4 is 15.5 Å². The lowest BCUT2D eigenvalue weighted by atomic mass is 10.1. The van der Waals surface area contributed by atoms with Crippen LogP contribution in [-0.4, -0.2) is 54.0 Å². The highest BCUT2D eigenvalue weighted by Crippen LogP contribution is 2.17. The first kappa shape index (κ1) is 19.4. The third-order valence-corrected chi connectivity index (χ3v) is 5.32. The largest absolute Gasteiger partial charge is 0.377 e. The Kier molecular flexibility index (Phi) is 6.09. The van der Waals surface area contributed by atoms with Crippen molar-refractivity contribution in [3.63, 3.8) is 0 Å². The number of ether oxygens (including phenoxy) is 1. The molecule has 0 bridgehead atoms. The summed E-state index contributed by atoms with van der Waals surface area (Å²) in [6.07, 6.45) is 6.32. The van der Waals surface area contributed by atoms with Gasteiger partial charge in [-0.25, -0.2) is 9.67 Å². The van der Waals surface area contributed by atoms with Crippen molar-refractivity contribution < 1.29 is 4.74 Å². The van der Waals surface area contributed by atoms with Crippen LogP contribution in [0.3, 0.4) is 0 Å². The molecule has 8 nitrogen and oxygen atoms in total. The summed E-state index contributed by atoms with van der Waals surface area (Å²) in [4.78, 5) is 11.3. The van der Waals surface area contributed by atoms with Gasteiger partial charge in [0, 0.05) is 51.9 Å². The van der Waals surface area contributed by atoms with Crippen molar-refractivity contribution >= 4 is 11.6 Å². The van der Waals surface area contributed by atoms with Crippen LogP contribution in [0.15, 0.2) is 41.4 Å². The smallest absolute Gasteiger partial charge is 0.191 e. The van der Waals surface area contributed by atoms with Gasteiger partial charge < -0.3 is 20.3 Å². The van der Waals surface area contributed by atoms with E-state index in [1.165, 1.54) is 11.3 Å². The lowest BCUT2D eigenvalue weighted by Gasteiger charge is -2.25. The number of nitrogens with one attached hydrogen (secondary N) is 2. The molecule has 2 aliphatic heterocycles. The van der Waals surface area contributed by atoms with Gasteiger partial charge in [0.05, 0.1) is 6.54 Å². The molecule has 1 atom stereocenters. The van der Waals surface area contributed by atoms with Gasteiger partial charge in [-0.05, 0) is 24.1 Å². The normalized spacial score (nSPS) is 18.8. The van der Waals surface area contributed by atoms with E-state index in [1.807, 2.05) is 4.68 Å². The van der Waals surface area contributed by atoms with Crippen LogP contribution in [0.25, 0.3) is 0 Å². The molecule has 1 aromatic carbocycles. The van der Waals surface area contributed by atoms with Crippen molar-refractivity contribution in [1.29, 1.82) is 0 Å². The molecule has 0 saturated heterocycles. The maximum Gasteiger partial charge on any atom is 0.191 e. The molecule has 0 saturated carbocycles. The maximum atomic E-state index is 5.14. The second-order valence-corrected chi connectivity index (χ2v) is 7.41. The Morgan fingerprint density at radius 3 is 2.76 bits per heavy atom. The molecular formula is C21H29N7O. The Morgan fingerprint density at radius 2 is 2.03 bits per heavy atom. The predicted octanol–water partition coefficient (Wildman–Crippen LogP) is 1.48. The second-order valence-electron chi connectivity index (χ2n) is 7.41. The molecular weight excluding hydrogens is 366 g/mol. The molecule has 2 N–H and O–H groups in total. The van der Waals surface area contributed by atoms with Crippen molar-refractivity contribution in [2.45, 2.75) is 38.6 Å². The van der Waals surface area contributed by atoms with Gasteiger partial charge in [0.15, 0.2) is 11.8 Å². The third kappa shape index (κ3) is 4.76. The Bertz CT molecular complexity index is 864. The third-order valence-electron chi connectivity index (χ3n) is 5.32. The van der Waals surface area contributed by atoms with Gasteiger partial charge >= 0.3 is 0 Å². The topological polar surface area (TPSA) is 79.6 Å². The Morgan fingerprint density at radius 1 is 1.24 bits per heavy atom. The number of fused-ring (bicyclic) bond motifs is 1. The molecule has 29 heavy (non-hydrogen) atoms. The summed E-state index contributed by atoms with van der Waals surface area (Å²) in [6, 6.07) is 8.99. The van der Waals surface area contributed by atoms with Gasteiger partial charge in [-0.1, -0.05) is 24.3 Å². The Hall–Kier alpha value is -2.87. The van der Waals surface area contributed by atoms with E-state index in [2.05, 4.69) is 67.0 Å². The number of aryl methyl sites for hydroxylation is 1. The molecule has 1 unspecified atom stereocenters. The Labute approximate surface area is 171 Å². The molecule has 0 radical (unpaired) electrons. The second kappa shape index (κ2) is 9.09. The van der Waals surface area contributed by atoms with Crippen molar-refractivity contribution in [3.05, 3.63) is 53.6 Å². The van der Waals surface area contributed by atoms with Crippen molar-refractivity contribution in [3.8, 4) is 0 Å². The fourth-order valence-corrected chi connectivity index (χ4v) is 3.76. The molecule has 0 amide bonds. The van der Waals surface area contributed by atoms with Gasteiger partial charge in [0.1, 0.15) is 12.4 Å². The molecule has 4 rings (SSSR count). The summed E-state index contributed by atoms with van der Waals surface area (Å²) >= 11 is 0. The van der Waals surface area contributed by atoms with Gasteiger partial charge in [0.25, 0.3) is 0 Å². The van der Waals surface area contributed by atoms with Gasteiger partial charge in [-0.3, -0.25) is 4.99 Å². The highest BCUT2D eigenvalue weighted by molar-refractivity contribution is 5.80. The number of benzene rings is 1. The SMILES string of the molecule is CN=C(NCc1ccc(N2CC=CC2)cc1)NC1CCc2nc(COC)nn2C1. The van der Waals surface area contributed by atoms with E-state index in [0.29, 0.717) is 6.61 Å². The zero-order chi connectivity index (χ0) is 20.1. The van der Waals surface area contributed by atoms with Crippen molar-refractivity contribution in [2.24, 2.45) is 4.99 Å². The minimum Gasteiger partial charge on any atom is -0.377 e. The number of nitrogens with zero attached hydrogens (tertiary/aromatic N) is 5. The molecule has 2 aromatic rings. The van der Waals surface area contributed by atoms with Crippen LogP contribution >= 0.6 is 0 Å². The Balaban J connectivity index is 1.28. The fraction of sp³-hybridized carbons (Fsp3) is 0.476. The minimum absolute atomic E-state index is 0.274. The van der Waals surface area contributed by atoms with Crippen LogP contribution in [0, 0.1) is 0 Å². The van der Waals surface area contributed by atoms with Crippen LogP contribution in [0.5, 0.6) is 0 Å². The van der Waals surface area contributed by atoms with E-state index in [4.69, 9.17) is 4.74 Å². The van der Waals surface area contributed by atoms with E-state index >= 15 is 0 Å². The van der Waals surface area contributed by atoms with Crippen molar-refractivity contribution in [1.82, 2.24) is 25.4 Å². The molecule has 2 aliphatic rings. The zero-order valence-electron chi connectivity index (χ0n) is 17.1. The first-order valence-electron chi connectivity index (χ1n) is 10.1. The summed E-state index contributed by atoms with van der Waals surface area (Å²) < 4.78 is 7.12. The average Bonchev–Trinajstić information content (AvgIpc) is 3.41. The highest BCUT2D eigenvalue weighted by atomic mass is 16.5. The van der Waals surface area contributed by atoms with Crippen LogP contribution in [0.2, 0.25) is 0 Å². The fourth-order valence-electron chi connectivity index (χ4n) is 3.76. The number of rotatable bonds is 6. The number of anilines is 1. The van der Waals surface area contributed by atoms with Gasteiger partial charge in [-0.2, -0.15) is 5.10 Å². The summed E-state index contributed by atoms with van der Waals surface area (Å²) in [5.74, 6) is 2.59. The van der Waals surface area contributed by atoms with Crippen LogP contribution in [-0.2, 0) is 30.9 Å². The van der Waals surface area contributed by atoms with E-state index in [1.54, 1.807) is 14.2 Å². The van der Waals surface area contributed by atoms with Gasteiger partial charge in [-0.15, -0.1) is 0 Å². The molecule has 154 valence electrons. The lowest BCUT2D eigenvalue weighted by molar-refractivity contribution is 0.177. The maximum absolute atomic E-state index is 5.14. The molecule has 3 heterocycles. The molecule has 0 aliphatic carbocycles. The lowest BCUT2D eigenvalue weighted by Crippen LogP contribution is -2.46. The molecule has 8 heteroatoms. The molecule has 0 fully saturated rings. The number of hydrogen-bond acceptors (Lipinski definition) is 5. The average molecular weight is 396 g/mol. The number of guanidine groups is 1. The first-order valence-corrected chi connectivity index (χ1v) is 10.1. The van der Waals surface area contributed by atoms with E-state index in [-0.39, 0.29) is 6.04 Å². The highest BCUT2D eigenvalue weighted by Gasteiger charge is 2.22. The standard InChI is InChI=1S/C21H29N7O/c1-22-21(23-13-16-5-8-18(9-6-16)27-11-3-4-12-27)24-17-7-10-20-25-19(15-29-2)26-28(20)14-17/h3-6,8-9,17H,7,10-15H2,1-2H3,(H2,22,23,24). The number of aromatic nitrogens is 3. The molecule has 0 spiro atoms. The van der Waals surface area contributed by atoms with E-state index in [9.17, 15) is 0 Å². The minimum atomic E-state index is 0.274. The van der Waals surface area contributed by atoms with Gasteiger partial charge in [0.2, 0.25) is 0 Å². The first-order chi connectivity index (χ1) is 14.2. The molecule has 1 aromatic heterocycles. The summed E-state index contributed by atoms with van der Waals surface area (Å²) in [7, 11) is 3.47. The number of methoxy groups -OCH3 is 1. The predicted molar refractivity (Wildman–Crippen MR) is 114 cm³/mol. The monoisotopic (exact) mass is 395 g/mol. The number of hydrogen-bond donors (Lipinski definition) is 2. The van der Waals surface area contributed by atoms with E-state index in [0.717, 1.165) is 56.6 Å². The van der Waals surface area contributed by atoms with Crippen LogP contribution in [0.1, 0.15) is 23.6 Å². The van der Waals surface area contributed by atoms with Crippen LogP contribution in [0.4, 0.5) is 5.69 Å².